The van der Waals surface area contributed by atoms with Crippen LogP contribution >= 0.6 is 0 Å². The van der Waals surface area contributed by atoms with E-state index in [0.717, 1.165) is 21.2 Å². The van der Waals surface area contributed by atoms with Gasteiger partial charge in [-0.2, -0.15) is 0 Å². The van der Waals surface area contributed by atoms with Crippen LogP contribution in [0, 0.1) is 5.41 Å². The summed E-state index contributed by atoms with van der Waals surface area (Å²) in [7, 11) is 0. The third-order valence-corrected chi connectivity index (χ3v) is 5.97. The zero-order chi connectivity index (χ0) is 18.2. The van der Waals surface area contributed by atoms with E-state index in [2.05, 4.69) is 25.8 Å². The van der Waals surface area contributed by atoms with Gasteiger partial charge in [0.1, 0.15) is 0 Å². The van der Waals surface area contributed by atoms with Crippen molar-refractivity contribution >= 4 is 19.8 Å². The van der Waals surface area contributed by atoms with E-state index in [1.54, 1.807) is 0 Å². The Balaban J connectivity index is 2.62. The predicted molar refractivity (Wildman–Crippen MR) is 97.9 cm³/mol. The Morgan fingerprint density at radius 2 is 1.68 bits per heavy atom. The van der Waals surface area contributed by atoms with Gasteiger partial charge in [-0.15, -0.1) is 0 Å². The molecule has 0 spiro atoms. The van der Waals surface area contributed by atoms with Crippen molar-refractivity contribution < 1.29 is 2.74 Å². The van der Waals surface area contributed by atoms with Crippen molar-refractivity contribution in [2.45, 2.75) is 52.2 Å². The number of aromatic nitrogens is 1. The molecule has 1 aromatic carbocycles. The first kappa shape index (κ1) is 14.5. The third kappa shape index (κ3) is 5.28. The molecule has 0 aliphatic heterocycles. The maximum atomic E-state index is 8.79. The fourth-order valence-corrected chi connectivity index (χ4v) is 4.76. The van der Waals surface area contributed by atoms with Gasteiger partial charge in [0.05, 0.1) is 0 Å². The van der Waals surface area contributed by atoms with Gasteiger partial charge in [0, 0.05) is 0 Å². The van der Waals surface area contributed by atoms with Crippen LogP contribution in [0.5, 0.6) is 0 Å². The molecule has 0 aliphatic rings. The number of rotatable bonds is 3. The van der Waals surface area contributed by atoms with Gasteiger partial charge in [0.2, 0.25) is 0 Å². The van der Waals surface area contributed by atoms with Crippen LogP contribution in [0.4, 0.5) is 0 Å². The van der Waals surface area contributed by atoms with Crippen LogP contribution < -0.4 is 4.40 Å². The summed E-state index contributed by atoms with van der Waals surface area (Å²) in [6, 6.07) is 12.0. The van der Waals surface area contributed by atoms with Crippen LogP contribution in [0.15, 0.2) is 42.6 Å². The van der Waals surface area contributed by atoms with E-state index in [0.29, 0.717) is 0 Å². The Bertz CT molecular complexity index is 698. The average molecular weight is 356 g/mol. The Hall–Kier alpha value is -1.09. The molecule has 2 aromatic rings. The van der Waals surface area contributed by atoms with Crippen LogP contribution in [0.1, 0.15) is 49.8 Å². The normalized spacial score (nSPS) is 14.5. The number of benzene rings is 1. The molecule has 0 saturated heterocycles. The average Bonchev–Trinajstić information content (AvgIpc) is 2.45. The Kier molecular flexibility index (Phi) is 4.33. The molecule has 1 nitrogen and oxygen atoms in total. The molecule has 116 valence electrons. The summed E-state index contributed by atoms with van der Waals surface area (Å²) in [5, 5.41) is 0. The molecule has 1 aromatic heterocycles. The third-order valence-electron chi connectivity index (χ3n) is 2.99. The van der Waals surface area contributed by atoms with E-state index in [9.17, 15) is 0 Å². The molecule has 2 radical (unpaired) electrons. The molecule has 0 atom stereocenters. The first-order valence-corrected chi connectivity index (χ1v) is 9.86. The van der Waals surface area contributed by atoms with E-state index >= 15 is 0 Å². The van der Waals surface area contributed by atoms with Gasteiger partial charge in [-0.05, 0) is 0 Å². The van der Waals surface area contributed by atoms with Crippen LogP contribution in [0.25, 0.3) is 11.3 Å². The molecule has 2 rings (SSSR count). The molecule has 1 heterocycles. The topological polar surface area (TPSA) is 12.9 Å². The molecule has 0 fully saturated rings. The zero-order valence-electron chi connectivity index (χ0n) is 16.5. The van der Waals surface area contributed by atoms with Crippen LogP contribution in [-0.2, 0) is 6.37 Å². The van der Waals surface area contributed by atoms with Crippen molar-refractivity contribution in [3.8, 4) is 11.3 Å². The fraction of sp³-hybridized carbons (Fsp3) is 0.450. The van der Waals surface area contributed by atoms with Crippen LogP contribution in [-0.4, -0.2) is 20.4 Å². The second-order valence-electron chi connectivity index (χ2n) is 7.73. The van der Waals surface area contributed by atoms with Crippen LogP contribution in [0.3, 0.4) is 0 Å². The van der Waals surface area contributed by atoms with Gasteiger partial charge in [0.15, 0.2) is 0 Å². The number of nitrogens with zero attached hydrogens (tertiary/aromatic N) is 1. The van der Waals surface area contributed by atoms with Crippen molar-refractivity contribution in [1.82, 2.24) is 4.98 Å². The summed E-state index contributed by atoms with van der Waals surface area (Å²) in [6.07, 6.45) is 0.524. The quantitative estimate of drug-likeness (QED) is 0.714. The van der Waals surface area contributed by atoms with Gasteiger partial charge >= 0.3 is 145 Å². The standard InChI is InChI=1S/C20H27GeN/c1-19(2,3)13-16-12-18(15-10-8-7-9-11-15)22-14-17(16)21-20(4,5)6/h7-12,14H,13H2,1-6H3/i13D2. The molecule has 0 bridgehead atoms. The second kappa shape index (κ2) is 6.58. The summed E-state index contributed by atoms with van der Waals surface area (Å²) in [5.41, 5.74) is 2.23. The van der Waals surface area contributed by atoms with Crippen LogP contribution in [0.2, 0.25) is 4.25 Å². The van der Waals surface area contributed by atoms with Crippen molar-refractivity contribution in [3.05, 3.63) is 48.2 Å². The summed E-state index contributed by atoms with van der Waals surface area (Å²) in [6.45, 7) is 12.6. The number of hydrogen-bond acceptors (Lipinski definition) is 1. The van der Waals surface area contributed by atoms with E-state index in [1.807, 2.05) is 63.4 Å². The van der Waals surface area contributed by atoms with Crippen molar-refractivity contribution in [3.63, 3.8) is 0 Å². The van der Waals surface area contributed by atoms with Gasteiger partial charge in [-0.3, -0.25) is 0 Å². The van der Waals surface area contributed by atoms with Crippen molar-refractivity contribution in [1.29, 1.82) is 0 Å². The van der Waals surface area contributed by atoms with Crippen molar-refractivity contribution in [2.24, 2.45) is 5.41 Å². The van der Waals surface area contributed by atoms with E-state index in [-0.39, 0.29) is 4.25 Å². The monoisotopic (exact) mass is 357 g/mol. The molecular weight excluding hydrogens is 327 g/mol. The maximum absolute atomic E-state index is 8.79. The molecular formula is C20H27GeN. The SMILES string of the molecule is [2H]C([2H])(c1cc(-c2ccccc2)nc[c]1[Ge][C](C)(C)C)C(C)(C)C. The Morgan fingerprint density at radius 3 is 2.23 bits per heavy atom. The molecule has 0 aliphatic carbocycles. The Labute approximate surface area is 144 Å². The van der Waals surface area contributed by atoms with Gasteiger partial charge in [0.25, 0.3) is 0 Å². The fourth-order valence-electron chi connectivity index (χ4n) is 2.23. The predicted octanol–water partition coefficient (Wildman–Crippen LogP) is 4.89. The van der Waals surface area contributed by atoms with E-state index in [4.69, 9.17) is 2.74 Å². The first-order chi connectivity index (χ1) is 10.9. The molecule has 0 saturated carbocycles. The summed E-state index contributed by atoms with van der Waals surface area (Å²) in [4.78, 5) is 4.65. The minimum atomic E-state index is -1.40. The number of pyridine rings is 1. The molecule has 0 unspecified atom stereocenters. The summed E-state index contributed by atoms with van der Waals surface area (Å²) in [5.74, 6) is 0. The molecule has 22 heavy (non-hydrogen) atoms. The second-order valence-corrected chi connectivity index (χ2v) is 12.5. The molecule has 0 N–H and O–H groups in total. The summed E-state index contributed by atoms with van der Waals surface area (Å²) < 4.78 is 18.9. The van der Waals surface area contributed by atoms with Gasteiger partial charge in [-0.1, -0.05) is 0 Å². The number of hydrogen-bond donors (Lipinski definition) is 0. The van der Waals surface area contributed by atoms with Gasteiger partial charge < -0.3 is 0 Å². The molecule has 2 heteroatoms. The van der Waals surface area contributed by atoms with Gasteiger partial charge in [-0.25, -0.2) is 0 Å². The molecule has 0 amide bonds. The minimum absolute atomic E-state index is 0.207. The van der Waals surface area contributed by atoms with E-state index in [1.165, 1.54) is 0 Å². The first-order valence-electron chi connectivity index (χ1n) is 8.76. The Morgan fingerprint density at radius 1 is 1.05 bits per heavy atom. The zero-order valence-corrected chi connectivity index (χ0v) is 16.6. The van der Waals surface area contributed by atoms with E-state index < -0.39 is 27.2 Å². The van der Waals surface area contributed by atoms with Crippen molar-refractivity contribution in [2.75, 3.05) is 0 Å². The summed E-state index contributed by atoms with van der Waals surface area (Å²) >= 11 is -0.494.